The molecule has 1 heterocycles. The van der Waals surface area contributed by atoms with Gasteiger partial charge < -0.3 is 4.90 Å². The lowest BCUT2D eigenvalue weighted by Crippen LogP contribution is -2.40. The van der Waals surface area contributed by atoms with Gasteiger partial charge in [-0.25, -0.2) is 0 Å². The third-order valence-electron chi connectivity index (χ3n) is 6.98. The molecule has 140 valence electrons. The molecule has 1 aliphatic heterocycles. The Morgan fingerprint density at radius 1 is 1.00 bits per heavy atom. The molecule has 3 fully saturated rings. The summed E-state index contributed by atoms with van der Waals surface area (Å²) in [6.07, 6.45) is 7.18. The summed E-state index contributed by atoms with van der Waals surface area (Å²) in [6, 6.07) is 8.07. The molecule has 0 radical (unpaired) electrons. The van der Waals surface area contributed by atoms with Crippen LogP contribution in [-0.2, 0) is 9.59 Å². The minimum absolute atomic E-state index is 0.106. The fraction of sp³-hybridized carbons (Fsp3) is 0.500. The van der Waals surface area contributed by atoms with E-state index in [4.69, 9.17) is 0 Å². The lowest BCUT2D eigenvalue weighted by atomic mass is 9.63. The average molecular weight is 363 g/mol. The van der Waals surface area contributed by atoms with Crippen LogP contribution in [0.1, 0.15) is 25.8 Å². The van der Waals surface area contributed by atoms with E-state index in [0.717, 1.165) is 23.7 Å². The topological polar surface area (TPSA) is 53.0 Å². The molecule has 0 unspecified atom stereocenters. The molecule has 5 nitrogen and oxygen atoms in total. The predicted molar refractivity (Wildman–Crippen MR) is 104 cm³/mol. The molecule has 5 heteroatoms. The molecule has 1 saturated heterocycles. The molecule has 2 bridgehead atoms. The van der Waals surface area contributed by atoms with E-state index in [2.05, 4.69) is 48.1 Å². The molecule has 2 amide bonds. The summed E-state index contributed by atoms with van der Waals surface area (Å²) < 4.78 is 0. The highest BCUT2D eigenvalue weighted by Crippen LogP contribution is 2.65. The van der Waals surface area contributed by atoms with Gasteiger partial charge in [0.15, 0.2) is 0 Å². The number of carbonyl (C=O) groups is 2. The Morgan fingerprint density at radius 2 is 1.56 bits per heavy atom. The first-order valence-electron chi connectivity index (χ1n) is 10.1. The normalized spacial score (nSPS) is 35.7. The van der Waals surface area contributed by atoms with E-state index >= 15 is 0 Å². The van der Waals surface area contributed by atoms with Crippen molar-refractivity contribution in [1.82, 2.24) is 5.01 Å². The first kappa shape index (κ1) is 16.7. The van der Waals surface area contributed by atoms with Gasteiger partial charge in [0, 0.05) is 18.8 Å². The first-order chi connectivity index (χ1) is 13.1. The average Bonchev–Trinajstić information content (AvgIpc) is 3.47. The zero-order valence-corrected chi connectivity index (χ0v) is 15.8. The fourth-order valence-electron chi connectivity index (χ4n) is 5.54. The molecule has 5 aliphatic rings. The third-order valence-corrected chi connectivity index (χ3v) is 6.98. The fourth-order valence-corrected chi connectivity index (χ4v) is 5.54. The summed E-state index contributed by atoms with van der Waals surface area (Å²) in [6.45, 7) is 6.19. The SMILES string of the molecule is CCN(CC)c1ccc(/C=N\N2C(=O)[C@@H]3[C@@H]4C=C[C@H]([C@@H]5C[C@H]45)[C@H]3C2=O)cc1. The number of nitrogens with zero attached hydrogens (tertiary/aromatic N) is 3. The quantitative estimate of drug-likeness (QED) is 0.459. The largest absolute Gasteiger partial charge is 0.372 e. The lowest BCUT2D eigenvalue weighted by molar-refractivity contribution is -0.140. The zero-order valence-electron chi connectivity index (χ0n) is 15.8. The van der Waals surface area contributed by atoms with Gasteiger partial charge in [0.25, 0.3) is 11.8 Å². The number of allylic oxidation sites excluding steroid dienone is 2. The molecule has 6 rings (SSSR count). The van der Waals surface area contributed by atoms with Crippen molar-refractivity contribution in [1.29, 1.82) is 0 Å². The van der Waals surface area contributed by atoms with E-state index in [1.54, 1.807) is 6.21 Å². The number of amides is 2. The Labute approximate surface area is 159 Å². The van der Waals surface area contributed by atoms with Crippen LogP contribution in [0.4, 0.5) is 5.69 Å². The van der Waals surface area contributed by atoms with Gasteiger partial charge in [0.2, 0.25) is 0 Å². The van der Waals surface area contributed by atoms with Crippen LogP contribution in [0.5, 0.6) is 0 Å². The second kappa shape index (κ2) is 6.04. The van der Waals surface area contributed by atoms with Gasteiger partial charge in [0.1, 0.15) is 0 Å². The van der Waals surface area contributed by atoms with Gasteiger partial charge in [-0.1, -0.05) is 24.3 Å². The molecule has 4 aliphatic carbocycles. The number of imide groups is 1. The molecule has 1 aromatic carbocycles. The number of carbonyl (C=O) groups excluding carboxylic acids is 2. The molecule has 1 aromatic rings. The van der Waals surface area contributed by atoms with E-state index in [1.807, 2.05) is 12.1 Å². The van der Waals surface area contributed by atoms with Crippen molar-refractivity contribution in [3.05, 3.63) is 42.0 Å². The summed E-state index contributed by atoms with van der Waals surface area (Å²) in [5, 5.41) is 5.44. The summed E-state index contributed by atoms with van der Waals surface area (Å²) >= 11 is 0. The molecule has 0 N–H and O–H groups in total. The minimum atomic E-state index is -0.182. The van der Waals surface area contributed by atoms with Crippen molar-refractivity contribution in [3.63, 3.8) is 0 Å². The van der Waals surface area contributed by atoms with Gasteiger partial charge in [-0.2, -0.15) is 10.1 Å². The number of hydrogen-bond acceptors (Lipinski definition) is 4. The van der Waals surface area contributed by atoms with Crippen LogP contribution < -0.4 is 4.90 Å². The van der Waals surface area contributed by atoms with Gasteiger partial charge in [-0.15, -0.1) is 0 Å². The van der Waals surface area contributed by atoms with Crippen LogP contribution in [-0.4, -0.2) is 36.1 Å². The second-order valence-corrected chi connectivity index (χ2v) is 8.15. The third kappa shape index (κ3) is 2.40. The highest BCUT2D eigenvalue weighted by molar-refractivity contribution is 6.06. The van der Waals surface area contributed by atoms with Crippen molar-refractivity contribution >= 4 is 23.7 Å². The van der Waals surface area contributed by atoms with Crippen LogP contribution in [0.3, 0.4) is 0 Å². The highest BCUT2D eigenvalue weighted by Gasteiger charge is 2.67. The van der Waals surface area contributed by atoms with Crippen LogP contribution in [0, 0.1) is 35.5 Å². The van der Waals surface area contributed by atoms with Crippen LogP contribution in [0.15, 0.2) is 41.5 Å². The number of rotatable bonds is 5. The Morgan fingerprint density at radius 3 is 2.07 bits per heavy atom. The Kier molecular flexibility index (Phi) is 3.74. The summed E-state index contributed by atoms with van der Waals surface area (Å²) in [4.78, 5) is 28.1. The smallest absolute Gasteiger partial charge is 0.254 e. The Hall–Kier alpha value is -2.43. The summed E-state index contributed by atoms with van der Waals surface area (Å²) in [5.74, 6) is 1.16. The maximum atomic E-state index is 12.9. The van der Waals surface area contributed by atoms with E-state index in [9.17, 15) is 9.59 Å². The molecule has 6 atom stereocenters. The van der Waals surface area contributed by atoms with Crippen LogP contribution in [0.2, 0.25) is 0 Å². The van der Waals surface area contributed by atoms with Crippen LogP contribution in [0.25, 0.3) is 0 Å². The lowest BCUT2D eigenvalue weighted by Gasteiger charge is -2.37. The molecule has 0 spiro atoms. The number of anilines is 1. The number of benzene rings is 1. The number of hydrazone groups is 1. The van der Waals surface area contributed by atoms with Crippen LogP contribution >= 0.6 is 0 Å². The minimum Gasteiger partial charge on any atom is -0.372 e. The first-order valence-corrected chi connectivity index (χ1v) is 10.1. The zero-order chi connectivity index (χ0) is 18.7. The van der Waals surface area contributed by atoms with Crippen molar-refractivity contribution in [2.45, 2.75) is 20.3 Å². The van der Waals surface area contributed by atoms with E-state index in [1.165, 1.54) is 12.1 Å². The molecular formula is C22H25N3O2. The monoisotopic (exact) mass is 363 g/mol. The Balaban J connectivity index is 1.34. The summed E-state index contributed by atoms with van der Waals surface area (Å²) in [7, 11) is 0. The molecule has 27 heavy (non-hydrogen) atoms. The standard InChI is InChI=1S/C22H25N3O2/c1-3-24(4-2)14-7-5-13(6-8-14)12-23-25-21(26)19-15-9-10-16(18-11-17(15)18)20(19)22(25)27/h5-10,12,15-20H,3-4,11H2,1-2H3/b23-12-/t15-,16-,17-,18+,19-,20-/m1/s1. The molecule has 2 saturated carbocycles. The van der Waals surface area contributed by atoms with E-state index < -0.39 is 0 Å². The second-order valence-electron chi connectivity index (χ2n) is 8.15. The van der Waals surface area contributed by atoms with Gasteiger partial charge in [-0.3, -0.25) is 9.59 Å². The maximum Gasteiger partial charge on any atom is 0.254 e. The number of hydrogen-bond donors (Lipinski definition) is 0. The van der Waals surface area contributed by atoms with Crippen molar-refractivity contribution in [2.75, 3.05) is 18.0 Å². The van der Waals surface area contributed by atoms with Gasteiger partial charge >= 0.3 is 0 Å². The Bertz CT molecular complexity index is 804. The van der Waals surface area contributed by atoms with Crippen molar-refractivity contribution < 1.29 is 9.59 Å². The van der Waals surface area contributed by atoms with Gasteiger partial charge in [0.05, 0.1) is 18.1 Å². The summed E-state index contributed by atoms with van der Waals surface area (Å²) in [5.41, 5.74) is 2.06. The maximum absolute atomic E-state index is 12.9. The molecule has 0 aromatic heterocycles. The van der Waals surface area contributed by atoms with E-state index in [0.29, 0.717) is 11.8 Å². The van der Waals surface area contributed by atoms with Crippen molar-refractivity contribution in [3.8, 4) is 0 Å². The predicted octanol–water partition coefficient (Wildman–Crippen LogP) is 2.92. The molecular weight excluding hydrogens is 338 g/mol. The van der Waals surface area contributed by atoms with Crippen molar-refractivity contribution in [2.24, 2.45) is 40.6 Å². The highest BCUT2D eigenvalue weighted by atomic mass is 16.2. The van der Waals surface area contributed by atoms with E-state index in [-0.39, 0.29) is 35.5 Å². The van der Waals surface area contributed by atoms with Gasteiger partial charge in [-0.05, 0) is 61.6 Å².